The number of oxazole rings is 1. The van der Waals surface area contributed by atoms with Gasteiger partial charge < -0.3 is 19.0 Å². The van der Waals surface area contributed by atoms with Crippen molar-refractivity contribution in [3.05, 3.63) is 66.1 Å². The van der Waals surface area contributed by atoms with Crippen LogP contribution in [-0.4, -0.2) is 34.9 Å². The molecule has 186 valence electrons. The Morgan fingerprint density at radius 2 is 1.63 bits per heavy atom. The van der Waals surface area contributed by atoms with Crippen LogP contribution in [0.5, 0.6) is 0 Å². The summed E-state index contributed by atoms with van der Waals surface area (Å²) >= 11 is 0. The molecule has 6 heteroatoms. The van der Waals surface area contributed by atoms with E-state index >= 15 is 0 Å². The standard InChI is InChI=1S/C29H35NO5/c1-20-26(19-33-17-21-8-7-9-22(16-21)18-34-29(2,3)28(31)32)30-27(35-20)25-14-12-24(13-15-25)23-10-5-4-6-11-23/h4-6,10-15,21-22H,7-9,16-19H2,1-3H3,(H,31,32)/t21-,22+/m0/s1. The second-order valence-electron chi connectivity index (χ2n) is 10.0. The highest BCUT2D eigenvalue weighted by molar-refractivity contribution is 5.76. The number of carbonyl (C=O) groups is 1. The molecule has 0 aliphatic heterocycles. The summed E-state index contributed by atoms with van der Waals surface area (Å²) in [6.45, 7) is 6.68. The van der Waals surface area contributed by atoms with Gasteiger partial charge in [-0.3, -0.25) is 0 Å². The lowest BCUT2D eigenvalue weighted by molar-refractivity contribution is -0.163. The maximum absolute atomic E-state index is 11.3. The summed E-state index contributed by atoms with van der Waals surface area (Å²) in [7, 11) is 0. The van der Waals surface area contributed by atoms with Gasteiger partial charge in [0.2, 0.25) is 5.89 Å². The number of hydrogen-bond donors (Lipinski definition) is 1. The first-order valence-corrected chi connectivity index (χ1v) is 12.4. The van der Waals surface area contributed by atoms with Crippen molar-refractivity contribution in [3.8, 4) is 22.6 Å². The number of ether oxygens (including phenoxy) is 2. The Labute approximate surface area is 207 Å². The van der Waals surface area contributed by atoms with Gasteiger partial charge in [-0.2, -0.15) is 0 Å². The molecule has 0 amide bonds. The van der Waals surface area contributed by atoms with E-state index in [0.29, 0.717) is 37.5 Å². The van der Waals surface area contributed by atoms with E-state index < -0.39 is 11.6 Å². The summed E-state index contributed by atoms with van der Waals surface area (Å²) in [6.07, 6.45) is 4.30. The van der Waals surface area contributed by atoms with Crippen LogP contribution in [0.25, 0.3) is 22.6 Å². The fourth-order valence-electron chi connectivity index (χ4n) is 4.54. The lowest BCUT2D eigenvalue weighted by Gasteiger charge is -2.31. The monoisotopic (exact) mass is 477 g/mol. The number of aromatic nitrogens is 1. The average Bonchev–Trinajstić information content (AvgIpc) is 3.24. The first kappa shape index (κ1) is 25.1. The van der Waals surface area contributed by atoms with E-state index in [9.17, 15) is 9.90 Å². The van der Waals surface area contributed by atoms with Gasteiger partial charge in [0, 0.05) is 12.2 Å². The van der Waals surface area contributed by atoms with E-state index in [-0.39, 0.29) is 0 Å². The molecule has 0 radical (unpaired) electrons. The molecule has 35 heavy (non-hydrogen) atoms. The molecule has 6 nitrogen and oxygen atoms in total. The summed E-state index contributed by atoms with van der Waals surface area (Å²) in [5.41, 5.74) is 2.96. The third-order valence-corrected chi connectivity index (χ3v) is 6.81. The normalized spacial score (nSPS) is 18.5. The first-order valence-electron chi connectivity index (χ1n) is 12.4. The van der Waals surface area contributed by atoms with E-state index in [4.69, 9.17) is 13.9 Å². The average molecular weight is 478 g/mol. The molecule has 4 rings (SSSR count). The van der Waals surface area contributed by atoms with Crippen molar-refractivity contribution in [1.82, 2.24) is 4.98 Å². The molecule has 0 spiro atoms. The van der Waals surface area contributed by atoms with Gasteiger partial charge >= 0.3 is 5.97 Å². The van der Waals surface area contributed by atoms with Crippen molar-refractivity contribution in [2.24, 2.45) is 11.8 Å². The predicted octanol–water partition coefficient (Wildman–Crippen LogP) is 6.52. The Balaban J connectivity index is 1.28. The van der Waals surface area contributed by atoms with Gasteiger partial charge in [0.1, 0.15) is 11.5 Å². The van der Waals surface area contributed by atoms with Crippen molar-refractivity contribution in [2.45, 2.75) is 58.7 Å². The molecule has 1 aliphatic rings. The Morgan fingerprint density at radius 1 is 1.00 bits per heavy atom. The summed E-state index contributed by atoms with van der Waals surface area (Å²) in [5, 5.41) is 9.24. The minimum Gasteiger partial charge on any atom is -0.479 e. The number of carboxylic acids is 1. The summed E-state index contributed by atoms with van der Waals surface area (Å²) in [4.78, 5) is 16.0. The molecule has 0 saturated heterocycles. The first-order chi connectivity index (χ1) is 16.8. The molecule has 1 heterocycles. The zero-order valence-corrected chi connectivity index (χ0v) is 20.8. The molecule has 0 unspecified atom stereocenters. The van der Waals surface area contributed by atoms with Crippen molar-refractivity contribution in [3.63, 3.8) is 0 Å². The lowest BCUT2D eigenvalue weighted by Crippen LogP contribution is -2.37. The lowest BCUT2D eigenvalue weighted by atomic mass is 9.82. The van der Waals surface area contributed by atoms with Crippen LogP contribution in [0.4, 0.5) is 0 Å². The second kappa shape index (κ2) is 11.2. The highest BCUT2D eigenvalue weighted by Gasteiger charge is 2.30. The van der Waals surface area contributed by atoms with E-state index in [1.165, 1.54) is 5.56 Å². The number of carboxylic acid groups (broad SMARTS) is 1. The van der Waals surface area contributed by atoms with Crippen LogP contribution in [0, 0.1) is 18.8 Å². The number of aryl methyl sites for hydroxylation is 1. The van der Waals surface area contributed by atoms with Gasteiger partial charge in [0.05, 0.1) is 13.2 Å². The zero-order valence-electron chi connectivity index (χ0n) is 20.8. The van der Waals surface area contributed by atoms with E-state index in [2.05, 4.69) is 29.2 Å². The molecule has 1 saturated carbocycles. The fourth-order valence-corrected chi connectivity index (χ4v) is 4.54. The minimum atomic E-state index is -1.15. The topological polar surface area (TPSA) is 81.8 Å². The zero-order chi connectivity index (χ0) is 24.8. The maximum atomic E-state index is 11.3. The van der Waals surface area contributed by atoms with E-state index in [1.54, 1.807) is 13.8 Å². The Hall–Kier alpha value is -2.96. The van der Waals surface area contributed by atoms with E-state index in [0.717, 1.165) is 48.3 Å². The predicted molar refractivity (Wildman–Crippen MR) is 135 cm³/mol. The summed E-state index contributed by atoms with van der Waals surface area (Å²) < 4.78 is 17.7. The molecule has 2 atom stereocenters. The van der Waals surface area contributed by atoms with Gasteiger partial charge in [-0.15, -0.1) is 0 Å². The molecular weight excluding hydrogens is 442 g/mol. The fraction of sp³-hybridized carbons (Fsp3) is 0.448. The quantitative estimate of drug-likeness (QED) is 0.358. The van der Waals surface area contributed by atoms with Crippen LogP contribution in [0.15, 0.2) is 59.0 Å². The molecule has 1 aromatic heterocycles. The number of benzene rings is 2. The van der Waals surface area contributed by atoms with E-state index in [1.807, 2.05) is 37.3 Å². The molecule has 2 aromatic carbocycles. The van der Waals surface area contributed by atoms with Crippen LogP contribution in [-0.2, 0) is 20.9 Å². The number of rotatable bonds is 10. The number of hydrogen-bond acceptors (Lipinski definition) is 5. The molecule has 3 aromatic rings. The molecular formula is C29H35NO5. The van der Waals surface area contributed by atoms with Gasteiger partial charge in [-0.05, 0) is 75.1 Å². The minimum absolute atomic E-state index is 0.371. The highest BCUT2D eigenvalue weighted by Crippen LogP contribution is 2.31. The summed E-state index contributed by atoms with van der Waals surface area (Å²) in [6, 6.07) is 18.5. The van der Waals surface area contributed by atoms with Gasteiger partial charge in [-0.1, -0.05) is 48.9 Å². The number of nitrogens with zero attached hydrogens (tertiary/aromatic N) is 1. The number of aliphatic carboxylic acids is 1. The smallest absolute Gasteiger partial charge is 0.335 e. The SMILES string of the molecule is Cc1oc(-c2ccc(-c3ccccc3)cc2)nc1COC[C@H]1CCC[C@@H](COC(C)(C)C(=O)O)C1. The Morgan fingerprint density at radius 3 is 2.31 bits per heavy atom. The van der Waals surface area contributed by atoms with Crippen LogP contribution >= 0.6 is 0 Å². The second-order valence-corrected chi connectivity index (χ2v) is 10.0. The van der Waals surface area contributed by atoms with Gasteiger partial charge in [0.25, 0.3) is 0 Å². The highest BCUT2D eigenvalue weighted by atomic mass is 16.5. The van der Waals surface area contributed by atoms with Crippen molar-refractivity contribution in [2.75, 3.05) is 13.2 Å². The Kier molecular flexibility index (Phi) is 8.04. The third kappa shape index (κ3) is 6.59. The van der Waals surface area contributed by atoms with Gasteiger partial charge in [-0.25, -0.2) is 9.78 Å². The Bertz CT molecular complexity index is 1100. The van der Waals surface area contributed by atoms with Crippen LogP contribution in [0.1, 0.15) is 51.0 Å². The van der Waals surface area contributed by atoms with Crippen LogP contribution in [0.2, 0.25) is 0 Å². The van der Waals surface area contributed by atoms with Gasteiger partial charge in [0.15, 0.2) is 5.60 Å². The molecule has 1 aliphatic carbocycles. The van der Waals surface area contributed by atoms with Crippen molar-refractivity contribution < 1.29 is 23.8 Å². The third-order valence-electron chi connectivity index (χ3n) is 6.81. The molecule has 0 bridgehead atoms. The van der Waals surface area contributed by atoms with Crippen molar-refractivity contribution >= 4 is 5.97 Å². The van der Waals surface area contributed by atoms with Crippen LogP contribution < -0.4 is 0 Å². The molecule has 1 N–H and O–H groups in total. The summed E-state index contributed by atoms with van der Waals surface area (Å²) in [5.74, 6) is 1.27. The largest absolute Gasteiger partial charge is 0.479 e. The molecule has 1 fully saturated rings. The maximum Gasteiger partial charge on any atom is 0.335 e. The van der Waals surface area contributed by atoms with Crippen molar-refractivity contribution in [1.29, 1.82) is 0 Å². The van der Waals surface area contributed by atoms with Crippen LogP contribution in [0.3, 0.4) is 0 Å².